The van der Waals surface area contributed by atoms with E-state index in [0.717, 1.165) is 4.90 Å². The molecule has 0 aromatic heterocycles. The van der Waals surface area contributed by atoms with E-state index in [1.165, 1.54) is 7.05 Å². The van der Waals surface area contributed by atoms with Crippen LogP contribution in [0.1, 0.15) is 32.6 Å². The van der Waals surface area contributed by atoms with Gasteiger partial charge in [-0.15, -0.1) is 0 Å². The topological polar surface area (TPSA) is 116 Å². The Morgan fingerprint density at radius 1 is 1.43 bits per heavy atom. The van der Waals surface area contributed by atoms with Crippen molar-refractivity contribution in [3.8, 4) is 0 Å². The number of carbonyl (C=O) groups excluding carboxylic acids is 3. The lowest BCUT2D eigenvalue weighted by Crippen LogP contribution is -2.55. The largest absolute Gasteiger partial charge is 0.481 e. The van der Waals surface area contributed by atoms with E-state index in [-0.39, 0.29) is 25.3 Å². The predicted octanol–water partition coefficient (Wildman–Crippen LogP) is -0.0661. The van der Waals surface area contributed by atoms with E-state index < -0.39 is 29.9 Å². The quantitative estimate of drug-likeness (QED) is 0.594. The number of imide groups is 1. The zero-order chi connectivity index (χ0) is 16.0. The number of aliphatic carboxylic acids is 1. The van der Waals surface area contributed by atoms with Gasteiger partial charge < -0.3 is 15.7 Å². The van der Waals surface area contributed by atoms with Crippen LogP contribution in [-0.4, -0.2) is 53.5 Å². The number of likely N-dealkylation sites (tertiary alicyclic amines) is 1. The van der Waals surface area contributed by atoms with Crippen molar-refractivity contribution < 1.29 is 24.3 Å². The average molecular weight is 299 g/mol. The molecule has 3 N–H and O–H groups in total. The maximum Gasteiger partial charge on any atom is 0.315 e. The van der Waals surface area contributed by atoms with Gasteiger partial charge in [0.1, 0.15) is 6.04 Å². The molecule has 8 nitrogen and oxygen atoms in total. The average Bonchev–Trinajstić information content (AvgIpc) is 2.43. The molecule has 0 aromatic rings. The van der Waals surface area contributed by atoms with Gasteiger partial charge >= 0.3 is 12.0 Å². The number of rotatable bonds is 6. The molecule has 0 bridgehead atoms. The van der Waals surface area contributed by atoms with Crippen LogP contribution in [0.15, 0.2) is 0 Å². The molecule has 0 spiro atoms. The van der Waals surface area contributed by atoms with Crippen LogP contribution in [0, 0.1) is 5.92 Å². The van der Waals surface area contributed by atoms with E-state index in [1.54, 1.807) is 0 Å². The molecule has 21 heavy (non-hydrogen) atoms. The van der Waals surface area contributed by atoms with Crippen LogP contribution < -0.4 is 10.6 Å². The maximum absolute atomic E-state index is 11.8. The molecule has 0 saturated carbocycles. The molecular formula is C13H21N3O5. The van der Waals surface area contributed by atoms with Crippen molar-refractivity contribution in [3.63, 3.8) is 0 Å². The van der Waals surface area contributed by atoms with E-state index in [4.69, 9.17) is 5.11 Å². The van der Waals surface area contributed by atoms with E-state index in [0.29, 0.717) is 12.8 Å². The summed E-state index contributed by atoms with van der Waals surface area (Å²) in [5.74, 6) is -2.33. The Morgan fingerprint density at radius 2 is 2.10 bits per heavy atom. The second-order valence-electron chi connectivity index (χ2n) is 5.06. The Bertz CT molecular complexity index is 438. The Hall–Kier alpha value is -2.12. The normalized spacial score (nSPS) is 20.1. The lowest BCUT2D eigenvalue weighted by atomic mass is 10.0. The van der Waals surface area contributed by atoms with Crippen LogP contribution in [0.3, 0.4) is 0 Å². The Kier molecular flexibility index (Phi) is 6.13. The first-order chi connectivity index (χ1) is 9.86. The van der Waals surface area contributed by atoms with Gasteiger partial charge in [-0.1, -0.05) is 13.3 Å². The van der Waals surface area contributed by atoms with Crippen LogP contribution in [0.4, 0.5) is 4.79 Å². The molecule has 0 aromatic carbocycles. The highest BCUT2D eigenvalue weighted by Gasteiger charge is 2.32. The van der Waals surface area contributed by atoms with Crippen LogP contribution >= 0.6 is 0 Å². The highest BCUT2D eigenvalue weighted by Crippen LogP contribution is 2.11. The molecule has 118 valence electrons. The summed E-state index contributed by atoms with van der Waals surface area (Å²) >= 11 is 0. The van der Waals surface area contributed by atoms with Gasteiger partial charge in [0.25, 0.3) is 5.91 Å². The molecule has 1 saturated heterocycles. The van der Waals surface area contributed by atoms with Gasteiger partial charge in [0.15, 0.2) is 0 Å². The number of amides is 4. The molecule has 0 aliphatic carbocycles. The van der Waals surface area contributed by atoms with Crippen molar-refractivity contribution in [2.45, 2.75) is 38.6 Å². The van der Waals surface area contributed by atoms with Gasteiger partial charge in [-0.3, -0.25) is 19.3 Å². The molecule has 0 radical (unpaired) electrons. The SMILES string of the molecule is CCCC(CNC(=O)NC1CCC(=O)N(C)C1=O)C(=O)O. The highest BCUT2D eigenvalue weighted by atomic mass is 16.4. The number of nitrogens with one attached hydrogen (secondary N) is 2. The van der Waals surface area contributed by atoms with Gasteiger partial charge in [0.2, 0.25) is 5.91 Å². The summed E-state index contributed by atoms with van der Waals surface area (Å²) in [6.45, 7) is 1.87. The van der Waals surface area contributed by atoms with Crippen molar-refractivity contribution in [1.29, 1.82) is 0 Å². The number of carboxylic acids is 1. The van der Waals surface area contributed by atoms with E-state index in [2.05, 4.69) is 10.6 Å². The first-order valence-electron chi connectivity index (χ1n) is 6.94. The minimum Gasteiger partial charge on any atom is -0.481 e. The van der Waals surface area contributed by atoms with E-state index >= 15 is 0 Å². The molecule has 8 heteroatoms. The Morgan fingerprint density at radius 3 is 2.67 bits per heavy atom. The molecule has 4 amide bonds. The number of urea groups is 1. The standard InChI is InChI=1S/C13H21N3O5/c1-3-4-8(12(19)20)7-14-13(21)15-9-5-6-10(17)16(2)11(9)18/h8-9H,3-7H2,1-2H3,(H,19,20)(H2,14,15,21). The minimum atomic E-state index is -0.962. The van der Waals surface area contributed by atoms with E-state index in [9.17, 15) is 19.2 Å². The Labute approximate surface area is 122 Å². The van der Waals surface area contributed by atoms with Crippen LogP contribution in [-0.2, 0) is 14.4 Å². The number of carbonyl (C=O) groups is 4. The van der Waals surface area contributed by atoms with Gasteiger partial charge in [-0.2, -0.15) is 0 Å². The zero-order valence-electron chi connectivity index (χ0n) is 12.2. The lowest BCUT2D eigenvalue weighted by molar-refractivity contribution is -0.148. The minimum absolute atomic E-state index is 0.00465. The summed E-state index contributed by atoms with van der Waals surface area (Å²) < 4.78 is 0. The summed E-state index contributed by atoms with van der Waals surface area (Å²) in [7, 11) is 1.37. The number of nitrogens with zero attached hydrogens (tertiary/aromatic N) is 1. The predicted molar refractivity (Wildman–Crippen MR) is 73.4 cm³/mol. The fourth-order valence-corrected chi connectivity index (χ4v) is 2.14. The van der Waals surface area contributed by atoms with E-state index in [1.807, 2.05) is 6.92 Å². The third-order valence-corrected chi connectivity index (χ3v) is 3.45. The zero-order valence-corrected chi connectivity index (χ0v) is 12.2. The fourth-order valence-electron chi connectivity index (χ4n) is 2.14. The number of likely N-dealkylation sites (N-methyl/N-ethyl adjacent to an activating group) is 1. The summed E-state index contributed by atoms with van der Waals surface area (Å²) in [6, 6.07) is -1.35. The molecule has 1 aliphatic heterocycles. The van der Waals surface area contributed by atoms with Gasteiger partial charge in [-0.25, -0.2) is 4.79 Å². The molecule has 2 unspecified atom stereocenters. The van der Waals surface area contributed by atoms with Crippen molar-refractivity contribution >= 4 is 23.8 Å². The summed E-state index contributed by atoms with van der Waals surface area (Å²) in [5, 5.41) is 13.9. The molecule has 1 aliphatic rings. The van der Waals surface area contributed by atoms with Crippen molar-refractivity contribution in [2.24, 2.45) is 5.92 Å². The van der Waals surface area contributed by atoms with Crippen molar-refractivity contribution in [1.82, 2.24) is 15.5 Å². The van der Waals surface area contributed by atoms with Crippen LogP contribution in [0.25, 0.3) is 0 Å². The first-order valence-corrected chi connectivity index (χ1v) is 6.94. The fraction of sp³-hybridized carbons (Fsp3) is 0.692. The lowest BCUT2D eigenvalue weighted by Gasteiger charge is -2.28. The highest BCUT2D eigenvalue weighted by molar-refractivity contribution is 6.01. The third-order valence-electron chi connectivity index (χ3n) is 3.45. The summed E-state index contributed by atoms with van der Waals surface area (Å²) in [4.78, 5) is 46.7. The second kappa shape index (κ2) is 7.61. The first kappa shape index (κ1) is 16.9. The van der Waals surface area contributed by atoms with Gasteiger partial charge in [0.05, 0.1) is 5.92 Å². The maximum atomic E-state index is 11.8. The molecule has 1 rings (SSSR count). The number of carboxylic acid groups (broad SMARTS) is 1. The third kappa shape index (κ3) is 4.73. The Balaban J connectivity index is 2.45. The smallest absolute Gasteiger partial charge is 0.315 e. The number of piperidine rings is 1. The molecular weight excluding hydrogens is 278 g/mol. The molecule has 1 heterocycles. The number of hydrogen-bond acceptors (Lipinski definition) is 4. The molecule has 2 atom stereocenters. The van der Waals surface area contributed by atoms with Gasteiger partial charge in [-0.05, 0) is 12.8 Å². The number of hydrogen-bond donors (Lipinski definition) is 3. The summed E-state index contributed by atoms with van der Waals surface area (Å²) in [6.07, 6.45) is 1.62. The van der Waals surface area contributed by atoms with Crippen molar-refractivity contribution in [3.05, 3.63) is 0 Å². The second-order valence-corrected chi connectivity index (χ2v) is 5.06. The monoisotopic (exact) mass is 299 g/mol. The van der Waals surface area contributed by atoms with Crippen molar-refractivity contribution in [2.75, 3.05) is 13.6 Å². The molecule has 1 fully saturated rings. The van der Waals surface area contributed by atoms with Gasteiger partial charge in [0, 0.05) is 20.0 Å². The van der Waals surface area contributed by atoms with Crippen LogP contribution in [0.5, 0.6) is 0 Å². The van der Waals surface area contributed by atoms with Crippen LogP contribution in [0.2, 0.25) is 0 Å². The summed E-state index contributed by atoms with van der Waals surface area (Å²) in [5.41, 5.74) is 0.